The van der Waals surface area contributed by atoms with Gasteiger partial charge in [-0.15, -0.1) is 22.7 Å². The Balaban J connectivity index is 1.53. The first-order valence-electron chi connectivity index (χ1n) is 8.02. The molecule has 0 aliphatic heterocycles. The third-order valence-corrected chi connectivity index (χ3v) is 7.59. The van der Waals surface area contributed by atoms with Crippen LogP contribution in [0.4, 0.5) is 5.00 Å². The van der Waals surface area contributed by atoms with Crippen LogP contribution in [0.15, 0.2) is 18.2 Å². The Labute approximate surface area is 178 Å². The lowest BCUT2D eigenvalue weighted by Crippen LogP contribution is -2.33. The van der Waals surface area contributed by atoms with Crippen LogP contribution in [0.1, 0.15) is 32.1 Å². The van der Waals surface area contributed by atoms with Crippen LogP contribution in [0, 0.1) is 11.3 Å². The van der Waals surface area contributed by atoms with Crippen LogP contribution in [-0.4, -0.2) is 11.0 Å². The Morgan fingerprint density at radius 2 is 2.07 bits per heavy atom. The van der Waals surface area contributed by atoms with Gasteiger partial charge in [-0.2, -0.15) is 5.26 Å². The quantitative estimate of drug-likeness (QED) is 0.486. The zero-order valence-corrected chi connectivity index (χ0v) is 17.7. The summed E-state index contributed by atoms with van der Waals surface area (Å²) in [6, 6.07) is 7.53. The van der Waals surface area contributed by atoms with Crippen LogP contribution in [0.25, 0.3) is 10.1 Å². The molecular weight excluding hydrogens is 441 g/mol. The number of carbonyl (C=O) groups is 1. The van der Waals surface area contributed by atoms with Gasteiger partial charge < -0.3 is 5.32 Å². The Morgan fingerprint density at radius 1 is 1.26 bits per heavy atom. The van der Waals surface area contributed by atoms with Gasteiger partial charge in [0.15, 0.2) is 5.11 Å². The van der Waals surface area contributed by atoms with Gasteiger partial charge in [-0.05, 0) is 49.2 Å². The van der Waals surface area contributed by atoms with E-state index in [1.807, 2.05) is 0 Å². The van der Waals surface area contributed by atoms with Crippen LogP contribution in [0.2, 0.25) is 10.0 Å². The van der Waals surface area contributed by atoms with Gasteiger partial charge in [0.2, 0.25) is 0 Å². The molecule has 136 valence electrons. The highest BCUT2D eigenvalue weighted by atomic mass is 35.5. The molecule has 0 spiro atoms. The molecular formula is C18H11Cl2N3OS3. The lowest BCUT2D eigenvalue weighted by Gasteiger charge is -2.08. The van der Waals surface area contributed by atoms with Crippen molar-refractivity contribution in [1.82, 2.24) is 5.32 Å². The number of benzene rings is 1. The van der Waals surface area contributed by atoms with Gasteiger partial charge in [-0.25, -0.2) is 0 Å². The highest BCUT2D eigenvalue weighted by Crippen LogP contribution is 2.39. The van der Waals surface area contributed by atoms with Crippen molar-refractivity contribution in [2.24, 2.45) is 0 Å². The minimum Gasteiger partial charge on any atom is -0.323 e. The summed E-state index contributed by atoms with van der Waals surface area (Å²) in [4.78, 5) is 14.2. The molecule has 0 atom stereocenters. The number of rotatable bonds is 2. The molecule has 27 heavy (non-hydrogen) atoms. The van der Waals surface area contributed by atoms with Gasteiger partial charge in [0.05, 0.1) is 10.6 Å². The highest BCUT2D eigenvalue weighted by Gasteiger charge is 2.23. The van der Waals surface area contributed by atoms with Gasteiger partial charge >= 0.3 is 0 Å². The normalized spacial score (nSPS) is 12.6. The first-order valence-corrected chi connectivity index (χ1v) is 10.8. The Bertz CT molecular complexity index is 1140. The van der Waals surface area contributed by atoms with Crippen molar-refractivity contribution in [3.63, 3.8) is 0 Å². The zero-order chi connectivity index (χ0) is 19.1. The molecule has 0 radical (unpaired) electrons. The van der Waals surface area contributed by atoms with Crippen molar-refractivity contribution in [3.8, 4) is 6.07 Å². The summed E-state index contributed by atoms with van der Waals surface area (Å²) < 4.78 is 0.831. The predicted molar refractivity (Wildman–Crippen MR) is 117 cm³/mol. The van der Waals surface area contributed by atoms with Crippen molar-refractivity contribution in [2.75, 3.05) is 5.32 Å². The maximum absolute atomic E-state index is 12.6. The Kier molecular flexibility index (Phi) is 5.10. The van der Waals surface area contributed by atoms with E-state index in [0.717, 1.165) is 34.9 Å². The summed E-state index contributed by atoms with van der Waals surface area (Å²) in [5.74, 6) is -0.391. The standard InChI is InChI=1S/C18H11Cl2N3OS3/c19-8-4-5-10-13(6-8)26-15(14(10)20)16(24)22-18(25)23-17-11(7-21)9-2-1-3-12(9)27-17/h4-6H,1-3H2,(H2,22,23,24,25). The van der Waals surface area contributed by atoms with Crippen molar-refractivity contribution in [2.45, 2.75) is 19.3 Å². The maximum atomic E-state index is 12.6. The van der Waals surface area contributed by atoms with E-state index in [1.54, 1.807) is 18.2 Å². The van der Waals surface area contributed by atoms with Gasteiger partial charge in [0, 0.05) is 20.0 Å². The van der Waals surface area contributed by atoms with Crippen LogP contribution in [0.5, 0.6) is 0 Å². The van der Waals surface area contributed by atoms with E-state index in [-0.39, 0.29) is 5.11 Å². The first-order chi connectivity index (χ1) is 13.0. The average Bonchev–Trinajstić information content (AvgIpc) is 3.27. The number of nitrogens with one attached hydrogen (secondary N) is 2. The smallest absolute Gasteiger partial charge is 0.269 e. The third kappa shape index (κ3) is 3.44. The monoisotopic (exact) mass is 451 g/mol. The Morgan fingerprint density at radius 3 is 2.85 bits per heavy atom. The molecule has 3 aromatic rings. The van der Waals surface area contributed by atoms with E-state index in [9.17, 15) is 10.1 Å². The fourth-order valence-electron chi connectivity index (χ4n) is 3.09. The molecule has 1 aliphatic carbocycles. The second-order valence-electron chi connectivity index (χ2n) is 5.97. The van der Waals surface area contributed by atoms with Gasteiger partial charge in [-0.3, -0.25) is 10.1 Å². The van der Waals surface area contributed by atoms with E-state index in [1.165, 1.54) is 27.6 Å². The minimum atomic E-state index is -0.391. The lowest BCUT2D eigenvalue weighted by atomic mass is 10.1. The largest absolute Gasteiger partial charge is 0.323 e. The fourth-order valence-corrected chi connectivity index (χ4v) is 6.28. The summed E-state index contributed by atoms with van der Waals surface area (Å²) in [5, 5.41) is 17.6. The molecule has 4 nitrogen and oxygen atoms in total. The number of thiophene rings is 2. The summed E-state index contributed by atoms with van der Waals surface area (Å²) >= 11 is 20.4. The summed E-state index contributed by atoms with van der Waals surface area (Å²) in [6.45, 7) is 0. The third-order valence-electron chi connectivity index (χ3n) is 4.28. The second-order valence-corrected chi connectivity index (χ2v) is 9.35. The molecule has 0 unspecified atom stereocenters. The first kappa shape index (κ1) is 18.7. The van der Waals surface area contributed by atoms with Crippen LogP contribution in [0.3, 0.4) is 0 Å². The van der Waals surface area contributed by atoms with Crippen molar-refractivity contribution in [1.29, 1.82) is 5.26 Å². The summed E-state index contributed by atoms with van der Waals surface area (Å²) in [7, 11) is 0. The number of halogens is 2. The zero-order valence-electron chi connectivity index (χ0n) is 13.7. The van der Waals surface area contributed by atoms with Gasteiger partial charge in [-0.1, -0.05) is 29.3 Å². The molecule has 1 aliphatic rings. The van der Waals surface area contributed by atoms with E-state index >= 15 is 0 Å². The number of hydrogen-bond donors (Lipinski definition) is 2. The van der Waals surface area contributed by atoms with Gasteiger partial charge in [0.1, 0.15) is 15.9 Å². The number of nitriles is 1. The van der Waals surface area contributed by atoms with E-state index in [4.69, 9.17) is 35.4 Å². The van der Waals surface area contributed by atoms with Crippen molar-refractivity contribution < 1.29 is 4.79 Å². The van der Waals surface area contributed by atoms with E-state index in [2.05, 4.69) is 16.7 Å². The average molecular weight is 452 g/mol. The van der Waals surface area contributed by atoms with E-state index in [0.29, 0.717) is 25.5 Å². The number of anilines is 1. The molecule has 1 aromatic carbocycles. The minimum absolute atomic E-state index is 0.142. The lowest BCUT2D eigenvalue weighted by molar-refractivity contribution is 0.0982. The summed E-state index contributed by atoms with van der Waals surface area (Å²) in [5.41, 5.74) is 1.72. The van der Waals surface area contributed by atoms with Crippen LogP contribution in [-0.2, 0) is 12.8 Å². The predicted octanol–water partition coefficient (Wildman–Crippen LogP) is 5.76. The maximum Gasteiger partial charge on any atom is 0.269 e. The number of amides is 1. The SMILES string of the molecule is N#Cc1c(NC(=S)NC(=O)c2sc3cc(Cl)ccc3c2Cl)sc2c1CCC2. The molecule has 0 fully saturated rings. The molecule has 2 heterocycles. The molecule has 2 aromatic heterocycles. The Hall–Kier alpha value is -1.69. The topological polar surface area (TPSA) is 64.9 Å². The summed E-state index contributed by atoms with van der Waals surface area (Å²) in [6.07, 6.45) is 2.97. The molecule has 4 rings (SSSR count). The van der Waals surface area contributed by atoms with E-state index < -0.39 is 5.91 Å². The number of thiocarbonyl (C=S) groups is 1. The number of hydrogen-bond acceptors (Lipinski definition) is 5. The fraction of sp³-hybridized carbons (Fsp3) is 0.167. The number of nitrogens with zero attached hydrogens (tertiary/aromatic N) is 1. The number of aryl methyl sites for hydroxylation is 1. The molecule has 2 N–H and O–H groups in total. The van der Waals surface area contributed by atoms with Crippen molar-refractivity contribution >= 4 is 84.2 Å². The van der Waals surface area contributed by atoms with Crippen LogP contribution >= 0.6 is 58.1 Å². The molecule has 1 amide bonds. The molecule has 0 bridgehead atoms. The highest BCUT2D eigenvalue weighted by molar-refractivity contribution is 7.80. The number of carbonyl (C=O) groups excluding carboxylic acids is 1. The second kappa shape index (κ2) is 7.38. The van der Waals surface area contributed by atoms with Gasteiger partial charge in [0.25, 0.3) is 5.91 Å². The number of fused-ring (bicyclic) bond motifs is 2. The van der Waals surface area contributed by atoms with Crippen molar-refractivity contribution in [3.05, 3.63) is 49.1 Å². The van der Waals surface area contributed by atoms with Crippen LogP contribution < -0.4 is 10.6 Å². The molecule has 0 saturated carbocycles. The molecule has 9 heteroatoms. The molecule has 0 saturated heterocycles.